The molecule has 0 bridgehead atoms. The van der Waals surface area contributed by atoms with Crippen LogP contribution in [0.4, 0.5) is 10.5 Å². The average Bonchev–Trinajstić information content (AvgIpc) is 2.65. The first kappa shape index (κ1) is 21.7. The van der Waals surface area contributed by atoms with Gasteiger partial charge in [-0.2, -0.15) is 0 Å². The maximum atomic E-state index is 12.4. The van der Waals surface area contributed by atoms with Gasteiger partial charge in [-0.3, -0.25) is 9.59 Å². The second-order valence-corrected chi connectivity index (χ2v) is 7.95. The topological polar surface area (TPSA) is 79.0 Å². The van der Waals surface area contributed by atoms with Crippen LogP contribution in [0.1, 0.15) is 46.1 Å². The number of ether oxygens (including phenoxy) is 1. The summed E-state index contributed by atoms with van der Waals surface area (Å²) in [4.78, 5) is 39.8. The molecule has 0 aromatic heterocycles. The van der Waals surface area contributed by atoms with Gasteiger partial charge in [0.05, 0.1) is 0 Å². The number of anilines is 1. The minimum atomic E-state index is -0.533. The normalized spacial score (nSPS) is 14.6. The summed E-state index contributed by atoms with van der Waals surface area (Å²) >= 11 is 0. The highest BCUT2D eigenvalue weighted by atomic mass is 16.6. The summed E-state index contributed by atoms with van der Waals surface area (Å²) in [6.45, 7) is 9.35. The number of nitrogens with zero attached hydrogens (tertiary/aromatic N) is 2. The molecule has 154 valence electrons. The molecule has 1 aromatic carbocycles. The van der Waals surface area contributed by atoms with Gasteiger partial charge < -0.3 is 19.9 Å². The van der Waals surface area contributed by atoms with Crippen LogP contribution in [0.5, 0.6) is 0 Å². The first-order valence-corrected chi connectivity index (χ1v) is 9.82. The van der Waals surface area contributed by atoms with E-state index in [4.69, 9.17) is 4.74 Å². The van der Waals surface area contributed by atoms with Crippen molar-refractivity contribution < 1.29 is 19.1 Å². The van der Waals surface area contributed by atoms with Gasteiger partial charge in [0.2, 0.25) is 11.8 Å². The summed E-state index contributed by atoms with van der Waals surface area (Å²) in [5.41, 5.74) is 1.41. The van der Waals surface area contributed by atoms with Crippen molar-refractivity contribution in [1.29, 1.82) is 0 Å². The van der Waals surface area contributed by atoms with Gasteiger partial charge in [-0.05, 0) is 44.9 Å². The van der Waals surface area contributed by atoms with Crippen LogP contribution in [0, 0.1) is 0 Å². The van der Waals surface area contributed by atoms with E-state index in [2.05, 4.69) is 12.2 Å². The van der Waals surface area contributed by atoms with Crippen molar-refractivity contribution in [3.05, 3.63) is 29.8 Å². The quantitative estimate of drug-likeness (QED) is 0.839. The number of rotatable bonds is 5. The number of benzene rings is 1. The van der Waals surface area contributed by atoms with E-state index < -0.39 is 5.60 Å². The summed E-state index contributed by atoms with van der Waals surface area (Å²) in [6.07, 6.45) is 0.892. The van der Waals surface area contributed by atoms with Crippen LogP contribution in [0.2, 0.25) is 0 Å². The summed E-state index contributed by atoms with van der Waals surface area (Å²) in [6, 6.07) is 7.69. The van der Waals surface area contributed by atoms with Gasteiger partial charge in [-0.1, -0.05) is 19.1 Å². The van der Waals surface area contributed by atoms with Crippen molar-refractivity contribution in [2.45, 2.75) is 52.6 Å². The van der Waals surface area contributed by atoms with Crippen molar-refractivity contribution in [1.82, 2.24) is 9.80 Å². The zero-order chi connectivity index (χ0) is 20.7. The fourth-order valence-corrected chi connectivity index (χ4v) is 2.89. The van der Waals surface area contributed by atoms with Crippen molar-refractivity contribution in [3.8, 4) is 0 Å². The number of aryl methyl sites for hydroxylation is 1. The Morgan fingerprint density at radius 3 is 2.07 bits per heavy atom. The third-order valence-corrected chi connectivity index (χ3v) is 4.50. The largest absolute Gasteiger partial charge is 0.444 e. The number of carbonyl (C=O) groups is 3. The number of hydrogen-bond acceptors (Lipinski definition) is 4. The maximum absolute atomic E-state index is 12.4. The Balaban J connectivity index is 1.72. The molecule has 1 heterocycles. The molecule has 28 heavy (non-hydrogen) atoms. The Morgan fingerprint density at radius 1 is 0.964 bits per heavy atom. The number of carbonyl (C=O) groups excluding carboxylic acids is 3. The predicted molar refractivity (Wildman–Crippen MR) is 108 cm³/mol. The van der Waals surface area contributed by atoms with Crippen molar-refractivity contribution in [3.63, 3.8) is 0 Å². The van der Waals surface area contributed by atoms with Gasteiger partial charge in [-0.25, -0.2) is 4.79 Å². The van der Waals surface area contributed by atoms with Crippen LogP contribution in [-0.2, 0) is 20.7 Å². The molecule has 7 nitrogen and oxygen atoms in total. The lowest BCUT2D eigenvalue weighted by Crippen LogP contribution is -2.51. The van der Waals surface area contributed by atoms with Gasteiger partial charge in [0.15, 0.2) is 0 Å². The standard InChI is InChI=1S/C21H31N3O4/c1-5-16-6-8-17(9-7-16)22-18(25)10-11-19(26)23-12-14-24(15-13-23)20(27)28-21(2,3)4/h6-9H,5,10-15H2,1-4H3,(H,22,25). The molecule has 0 unspecified atom stereocenters. The van der Waals surface area contributed by atoms with Crippen molar-refractivity contribution >= 4 is 23.6 Å². The van der Waals surface area contributed by atoms with Crippen LogP contribution in [0.3, 0.4) is 0 Å². The van der Waals surface area contributed by atoms with E-state index in [-0.39, 0.29) is 30.7 Å². The Hall–Kier alpha value is -2.57. The molecule has 0 aliphatic carbocycles. The Kier molecular flexibility index (Phi) is 7.43. The van der Waals surface area contributed by atoms with Crippen molar-refractivity contribution in [2.75, 3.05) is 31.5 Å². The number of nitrogens with one attached hydrogen (secondary N) is 1. The smallest absolute Gasteiger partial charge is 0.410 e. The lowest BCUT2D eigenvalue weighted by atomic mass is 10.1. The summed E-state index contributed by atoms with van der Waals surface area (Å²) in [5, 5.41) is 2.82. The molecule has 0 spiro atoms. The van der Waals surface area contributed by atoms with E-state index in [1.54, 1.807) is 9.80 Å². The fraction of sp³-hybridized carbons (Fsp3) is 0.571. The lowest BCUT2D eigenvalue weighted by molar-refractivity contribution is -0.134. The molecule has 1 aliphatic heterocycles. The molecule has 0 radical (unpaired) electrons. The van der Waals surface area contributed by atoms with Crippen LogP contribution in [0.25, 0.3) is 0 Å². The third kappa shape index (κ3) is 6.87. The van der Waals surface area contributed by atoms with E-state index in [9.17, 15) is 14.4 Å². The van der Waals surface area contributed by atoms with Crippen LogP contribution in [-0.4, -0.2) is 59.5 Å². The highest BCUT2D eigenvalue weighted by molar-refractivity contribution is 5.93. The highest BCUT2D eigenvalue weighted by Gasteiger charge is 2.27. The summed E-state index contributed by atoms with van der Waals surface area (Å²) < 4.78 is 5.35. The monoisotopic (exact) mass is 389 g/mol. The van der Waals surface area contributed by atoms with Gasteiger partial charge in [0.1, 0.15) is 5.60 Å². The fourth-order valence-electron chi connectivity index (χ4n) is 2.89. The van der Waals surface area contributed by atoms with E-state index in [1.807, 2.05) is 45.0 Å². The zero-order valence-corrected chi connectivity index (χ0v) is 17.3. The maximum Gasteiger partial charge on any atom is 0.410 e. The van der Waals surface area contributed by atoms with E-state index in [0.29, 0.717) is 26.2 Å². The Morgan fingerprint density at radius 2 is 1.54 bits per heavy atom. The average molecular weight is 389 g/mol. The molecule has 0 atom stereocenters. The predicted octanol–water partition coefficient (Wildman–Crippen LogP) is 3.05. The molecule has 7 heteroatoms. The summed E-state index contributed by atoms with van der Waals surface area (Å²) in [5.74, 6) is -0.245. The Labute approximate surface area is 167 Å². The first-order valence-electron chi connectivity index (χ1n) is 9.82. The highest BCUT2D eigenvalue weighted by Crippen LogP contribution is 2.13. The molecule has 3 amide bonds. The summed E-state index contributed by atoms with van der Waals surface area (Å²) in [7, 11) is 0. The molecule has 1 aromatic rings. The number of hydrogen-bond donors (Lipinski definition) is 1. The second-order valence-electron chi connectivity index (χ2n) is 7.95. The van der Waals surface area contributed by atoms with Crippen LogP contribution in [0.15, 0.2) is 24.3 Å². The second kappa shape index (κ2) is 9.57. The SMILES string of the molecule is CCc1ccc(NC(=O)CCC(=O)N2CCN(C(=O)OC(C)(C)C)CC2)cc1. The van der Waals surface area contributed by atoms with E-state index >= 15 is 0 Å². The number of amides is 3. The molecule has 1 fully saturated rings. The van der Waals surface area contributed by atoms with Gasteiger partial charge in [-0.15, -0.1) is 0 Å². The van der Waals surface area contributed by atoms with Crippen LogP contribution >= 0.6 is 0 Å². The molecular weight excluding hydrogens is 358 g/mol. The van der Waals surface area contributed by atoms with Gasteiger partial charge in [0, 0.05) is 44.7 Å². The van der Waals surface area contributed by atoms with Gasteiger partial charge in [0.25, 0.3) is 0 Å². The molecular formula is C21H31N3O4. The van der Waals surface area contributed by atoms with Gasteiger partial charge >= 0.3 is 6.09 Å². The van der Waals surface area contributed by atoms with E-state index in [0.717, 1.165) is 12.1 Å². The molecule has 1 saturated heterocycles. The van der Waals surface area contributed by atoms with Crippen molar-refractivity contribution in [2.24, 2.45) is 0 Å². The third-order valence-electron chi connectivity index (χ3n) is 4.50. The first-order chi connectivity index (χ1) is 13.2. The molecule has 0 saturated carbocycles. The lowest BCUT2D eigenvalue weighted by Gasteiger charge is -2.35. The molecule has 2 rings (SSSR count). The van der Waals surface area contributed by atoms with Crippen LogP contribution < -0.4 is 5.32 Å². The minimum absolute atomic E-state index is 0.0691. The van der Waals surface area contributed by atoms with E-state index in [1.165, 1.54) is 5.56 Å². The Bertz CT molecular complexity index is 687. The molecule has 1 N–H and O–H groups in total. The molecule has 1 aliphatic rings. The minimum Gasteiger partial charge on any atom is -0.444 e. The number of piperazine rings is 1. The zero-order valence-electron chi connectivity index (χ0n) is 17.3.